The number of hydrogen-bond acceptors (Lipinski definition) is 1. The van der Waals surface area contributed by atoms with Crippen LogP contribution >= 0.6 is 0 Å². The van der Waals surface area contributed by atoms with Crippen molar-refractivity contribution in [2.75, 3.05) is 0 Å². The van der Waals surface area contributed by atoms with Crippen LogP contribution in [0.15, 0.2) is 18.2 Å². The van der Waals surface area contributed by atoms with Gasteiger partial charge in [0.2, 0.25) is 0 Å². The summed E-state index contributed by atoms with van der Waals surface area (Å²) in [7, 11) is 0. The summed E-state index contributed by atoms with van der Waals surface area (Å²) < 4.78 is 0. The van der Waals surface area contributed by atoms with Crippen molar-refractivity contribution in [3.8, 4) is 0 Å². The van der Waals surface area contributed by atoms with Crippen LogP contribution in [0, 0.1) is 12.8 Å². The topological polar surface area (TPSA) is 20.2 Å². The van der Waals surface area contributed by atoms with E-state index in [0.717, 1.165) is 12.8 Å². The van der Waals surface area contributed by atoms with Gasteiger partial charge in [0.25, 0.3) is 0 Å². The Balaban J connectivity index is 2.37. The lowest BCUT2D eigenvalue weighted by Gasteiger charge is -2.27. The van der Waals surface area contributed by atoms with E-state index in [-0.39, 0.29) is 6.10 Å². The second-order valence-corrected chi connectivity index (χ2v) is 4.23. The Morgan fingerprint density at radius 1 is 1.23 bits per heavy atom. The van der Waals surface area contributed by atoms with Crippen molar-refractivity contribution in [2.24, 2.45) is 5.92 Å². The molecule has 0 bridgehead atoms. The van der Waals surface area contributed by atoms with Gasteiger partial charge in [0.15, 0.2) is 0 Å². The number of aliphatic hydroxyl groups excluding tert-OH is 1. The number of benzene rings is 1. The highest BCUT2D eigenvalue weighted by molar-refractivity contribution is 5.34. The second-order valence-electron chi connectivity index (χ2n) is 4.23. The van der Waals surface area contributed by atoms with Crippen LogP contribution in [-0.2, 0) is 12.8 Å². The van der Waals surface area contributed by atoms with E-state index in [4.69, 9.17) is 0 Å². The van der Waals surface area contributed by atoms with Crippen molar-refractivity contribution in [3.63, 3.8) is 0 Å². The number of rotatable bonds is 0. The molecule has 0 fully saturated rings. The van der Waals surface area contributed by atoms with Crippen molar-refractivity contribution in [1.29, 1.82) is 0 Å². The van der Waals surface area contributed by atoms with E-state index in [1.54, 1.807) is 0 Å². The number of aliphatic hydroxyl groups is 1. The van der Waals surface area contributed by atoms with Gasteiger partial charge in [0, 0.05) is 0 Å². The Morgan fingerprint density at radius 3 is 2.77 bits per heavy atom. The minimum atomic E-state index is -0.144. The molecule has 1 aromatic carbocycles. The molecule has 0 aliphatic heterocycles. The van der Waals surface area contributed by atoms with Gasteiger partial charge < -0.3 is 5.11 Å². The van der Waals surface area contributed by atoms with Crippen LogP contribution in [0.2, 0.25) is 0 Å². The summed E-state index contributed by atoms with van der Waals surface area (Å²) in [5.41, 5.74) is 4.05. The van der Waals surface area contributed by atoms with Crippen molar-refractivity contribution in [3.05, 3.63) is 34.9 Å². The van der Waals surface area contributed by atoms with Gasteiger partial charge in [0.1, 0.15) is 0 Å². The molecule has 1 heteroatoms. The lowest BCUT2D eigenvalue weighted by molar-refractivity contribution is 0.109. The van der Waals surface area contributed by atoms with Gasteiger partial charge in [-0.1, -0.05) is 30.7 Å². The summed E-state index contributed by atoms with van der Waals surface area (Å²) >= 11 is 0. The molecule has 0 heterocycles. The van der Waals surface area contributed by atoms with Crippen molar-refractivity contribution < 1.29 is 5.11 Å². The minimum Gasteiger partial charge on any atom is -0.392 e. The molecule has 1 nitrogen and oxygen atoms in total. The third kappa shape index (κ3) is 1.61. The number of hydrogen-bond donors (Lipinski definition) is 1. The normalized spacial score (nSPS) is 27.0. The summed E-state index contributed by atoms with van der Waals surface area (Å²) in [6.07, 6.45) is 1.71. The van der Waals surface area contributed by atoms with E-state index < -0.39 is 0 Å². The van der Waals surface area contributed by atoms with Crippen LogP contribution < -0.4 is 0 Å². The third-order valence-corrected chi connectivity index (χ3v) is 2.99. The van der Waals surface area contributed by atoms with Gasteiger partial charge >= 0.3 is 0 Å². The van der Waals surface area contributed by atoms with Crippen LogP contribution in [0.3, 0.4) is 0 Å². The summed E-state index contributed by atoms with van der Waals surface area (Å²) in [4.78, 5) is 0. The SMILES string of the molecule is Cc1ccc2c(c1)CC(O)C(C)C2. The molecule has 2 rings (SSSR count). The molecule has 70 valence electrons. The van der Waals surface area contributed by atoms with Crippen LogP contribution in [-0.4, -0.2) is 11.2 Å². The van der Waals surface area contributed by atoms with Gasteiger partial charge in [0.05, 0.1) is 6.10 Å². The highest BCUT2D eigenvalue weighted by atomic mass is 16.3. The van der Waals surface area contributed by atoms with Gasteiger partial charge in [-0.25, -0.2) is 0 Å². The fourth-order valence-corrected chi connectivity index (χ4v) is 2.05. The predicted molar refractivity (Wildman–Crippen MR) is 53.8 cm³/mol. The molecule has 0 radical (unpaired) electrons. The van der Waals surface area contributed by atoms with Crippen molar-refractivity contribution in [1.82, 2.24) is 0 Å². The monoisotopic (exact) mass is 176 g/mol. The first-order valence-electron chi connectivity index (χ1n) is 4.93. The van der Waals surface area contributed by atoms with Crippen LogP contribution in [0.4, 0.5) is 0 Å². The summed E-state index contributed by atoms with van der Waals surface area (Å²) in [5, 5.41) is 9.72. The second kappa shape index (κ2) is 3.15. The third-order valence-electron chi connectivity index (χ3n) is 2.99. The Morgan fingerprint density at radius 2 is 2.00 bits per heavy atom. The largest absolute Gasteiger partial charge is 0.392 e. The molecule has 0 spiro atoms. The zero-order chi connectivity index (χ0) is 9.42. The van der Waals surface area contributed by atoms with Gasteiger partial charge in [-0.2, -0.15) is 0 Å². The molecule has 0 amide bonds. The minimum absolute atomic E-state index is 0.144. The fourth-order valence-electron chi connectivity index (χ4n) is 2.05. The Bertz CT molecular complexity index is 317. The molecule has 2 atom stereocenters. The maximum absolute atomic E-state index is 9.72. The first-order chi connectivity index (χ1) is 6.16. The molecule has 13 heavy (non-hydrogen) atoms. The molecular weight excluding hydrogens is 160 g/mol. The molecular formula is C12H16O. The summed E-state index contributed by atoms with van der Waals surface area (Å²) in [5.74, 6) is 0.412. The summed E-state index contributed by atoms with van der Waals surface area (Å²) in [6.45, 7) is 4.22. The fraction of sp³-hybridized carbons (Fsp3) is 0.500. The smallest absolute Gasteiger partial charge is 0.0609 e. The quantitative estimate of drug-likeness (QED) is 0.641. The average Bonchev–Trinajstić information content (AvgIpc) is 2.08. The van der Waals surface area contributed by atoms with E-state index in [9.17, 15) is 5.11 Å². The zero-order valence-electron chi connectivity index (χ0n) is 8.25. The molecule has 1 aliphatic carbocycles. The maximum atomic E-state index is 9.72. The molecule has 1 aliphatic rings. The zero-order valence-corrected chi connectivity index (χ0v) is 8.25. The van der Waals surface area contributed by atoms with Crippen LogP contribution in [0.5, 0.6) is 0 Å². The lowest BCUT2D eigenvalue weighted by Crippen LogP contribution is -2.27. The van der Waals surface area contributed by atoms with E-state index in [0.29, 0.717) is 5.92 Å². The van der Waals surface area contributed by atoms with E-state index in [2.05, 4.69) is 32.0 Å². The first-order valence-corrected chi connectivity index (χ1v) is 4.93. The molecule has 1 N–H and O–H groups in total. The number of fused-ring (bicyclic) bond motifs is 1. The molecule has 0 aromatic heterocycles. The van der Waals surface area contributed by atoms with Crippen molar-refractivity contribution in [2.45, 2.75) is 32.8 Å². The maximum Gasteiger partial charge on any atom is 0.0609 e. The first kappa shape index (κ1) is 8.76. The van der Waals surface area contributed by atoms with Gasteiger partial charge in [-0.15, -0.1) is 0 Å². The molecule has 2 unspecified atom stereocenters. The number of aryl methyl sites for hydroxylation is 1. The highest BCUT2D eigenvalue weighted by Crippen LogP contribution is 2.26. The average molecular weight is 176 g/mol. The molecule has 0 saturated heterocycles. The van der Waals surface area contributed by atoms with Gasteiger partial charge in [-0.3, -0.25) is 0 Å². The highest BCUT2D eigenvalue weighted by Gasteiger charge is 2.22. The standard InChI is InChI=1S/C12H16O/c1-8-3-4-10-6-9(2)12(13)7-11(10)5-8/h3-5,9,12-13H,6-7H2,1-2H3. The van der Waals surface area contributed by atoms with Gasteiger partial charge in [-0.05, 0) is 36.8 Å². The van der Waals surface area contributed by atoms with E-state index in [1.807, 2.05) is 0 Å². The van der Waals surface area contributed by atoms with Crippen molar-refractivity contribution >= 4 is 0 Å². The Hall–Kier alpha value is -0.820. The Labute approximate surface area is 79.4 Å². The lowest BCUT2D eigenvalue weighted by atomic mass is 9.82. The molecule has 1 aromatic rings. The van der Waals surface area contributed by atoms with Crippen LogP contribution in [0.25, 0.3) is 0 Å². The Kier molecular flexibility index (Phi) is 2.12. The van der Waals surface area contributed by atoms with E-state index in [1.165, 1.54) is 16.7 Å². The van der Waals surface area contributed by atoms with E-state index >= 15 is 0 Å². The van der Waals surface area contributed by atoms with Crippen LogP contribution in [0.1, 0.15) is 23.6 Å². The summed E-state index contributed by atoms with van der Waals surface area (Å²) in [6, 6.07) is 6.56. The predicted octanol–water partition coefficient (Wildman–Crippen LogP) is 2.09. The molecule has 0 saturated carbocycles.